The van der Waals surface area contributed by atoms with Crippen LogP contribution in [0.25, 0.3) is 11.2 Å². The van der Waals surface area contributed by atoms with Gasteiger partial charge < -0.3 is 36.4 Å². The van der Waals surface area contributed by atoms with Gasteiger partial charge >= 0.3 is 13.8 Å². The van der Waals surface area contributed by atoms with Crippen molar-refractivity contribution in [1.29, 1.82) is 0 Å². The number of nitrogens with zero attached hydrogens (tertiary/aromatic N) is 4. The van der Waals surface area contributed by atoms with Crippen LogP contribution in [0.2, 0.25) is 0 Å². The Bertz CT molecular complexity index is 941. The number of aliphatic hydroxyl groups excluding tert-OH is 2. The van der Waals surface area contributed by atoms with Gasteiger partial charge in [-0.2, -0.15) is 0 Å². The zero-order valence-electron chi connectivity index (χ0n) is 14.7. The van der Waals surface area contributed by atoms with Crippen molar-refractivity contribution < 1.29 is 43.4 Å². The van der Waals surface area contributed by atoms with Crippen LogP contribution in [-0.2, 0) is 23.1 Å². The fourth-order valence-electron chi connectivity index (χ4n) is 2.60. The lowest BCUT2D eigenvalue weighted by Gasteiger charge is -2.18. The quantitative estimate of drug-likeness (QED) is 0.237. The molecule has 1 fully saturated rings. The number of rotatable bonds is 8. The molecule has 0 amide bonds. The van der Waals surface area contributed by atoms with Crippen molar-refractivity contribution in [2.24, 2.45) is 5.73 Å². The normalized spacial score (nSPS) is 27.7. The minimum absolute atomic E-state index is 0.111. The Hall–Kier alpha value is -2.23. The van der Waals surface area contributed by atoms with Gasteiger partial charge in [-0.05, 0) is 0 Å². The SMILES string of the molecule is Nc1ncnc2c1ncn2[C@@H]1O[C@H](COP(=O)(O)OC[C@H](N)C(=O)O)[C@@H](O)[C@H]1O. The minimum atomic E-state index is -4.68. The van der Waals surface area contributed by atoms with E-state index in [1.165, 1.54) is 17.2 Å². The largest absolute Gasteiger partial charge is 0.480 e. The van der Waals surface area contributed by atoms with Crippen LogP contribution in [0, 0.1) is 0 Å². The molecule has 2 aromatic heterocycles. The number of ether oxygens (including phenoxy) is 1. The number of phosphoric acid groups is 1. The maximum Gasteiger partial charge on any atom is 0.472 e. The zero-order valence-corrected chi connectivity index (χ0v) is 15.6. The maximum atomic E-state index is 11.8. The lowest BCUT2D eigenvalue weighted by atomic mass is 10.1. The fraction of sp³-hybridized carbons (Fsp3) is 0.538. The number of hydrogen-bond acceptors (Lipinski definition) is 12. The summed E-state index contributed by atoms with van der Waals surface area (Å²) in [7, 11) is -4.68. The average molecular weight is 434 g/mol. The number of carbonyl (C=O) groups is 1. The van der Waals surface area contributed by atoms with E-state index in [1.54, 1.807) is 0 Å². The highest BCUT2D eigenvalue weighted by molar-refractivity contribution is 7.47. The van der Waals surface area contributed by atoms with E-state index in [1.807, 2.05) is 0 Å². The summed E-state index contributed by atoms with van der Waals surface area (Å²) in [4.78, 5) is 32.0. The van der Waals surface area contributed by atoms with Gasteiger partial charge in [-0.1, -0.05) is 0 Å². The minimum Gasteiger partial charge on any atom is -0.480 e. The molecule has 0 radical (unpaired) electrons. The number of carboxylic acid groups (broad SMARTS) is 1. The molecular weight excluding hydrogens is 415 g/mol. The number of nitrogen functional groups attached to an aromatic ring is 1. The van der Waals surface area contributed by atoms with Crippen LogP contribution in [-0.4, -0.2) is 83.3 Å². The highest BCUT2D eigenvalue weighted by Gasteiger charge is 2.45. The average Bonchev–Trinajstić information content (AvgIpc) is 3.21. The molecule has 1 unspecified atom stereocenters. The van der Waals surface area contributed by atoms with Crippen molar-refractivity contribution in [3.63, 3.8) is 0 Å². The van der Waals surface area contributed by atoms with Crippen molar-refractivity contribution in [1.82, 2.24) is 19.5 Å². The van der Waals surface area contributed by atoms with Gasteiger partial charge in [0.25, 0.3) is 0 Å². The van der Waals surface area contributed by atoms with Crippen molar-refractivity contribution in [3.8, 4) is 0 Å². The van der Waals surface area contributed by atoms with Gasteiger partial charge in [-0.3, -0.25) is 18.4 Å². The van der Waals surface area contributed by atoms with Crippen LogP contribution in [0.5, 0.6) is 0 Å². The number of aliphatic carboxylic acids is 1. The van der Waals surface area contributed by atoms with Crippen LogP contribution < -0.4 is 11.5 Å². The van der Waals surface area contributed by atoms with Gasteiger partial charge in [0.05, 0.1) is 19.5 Å². The molecule has 0 spiro atoms. The molecular formula is C13H19N6O9P. The third-order valence-corrected chi connectivity index (χ3v) is 5.09. The van der Waals surface area contributed by atoms with E-state index >= 15 is 0 Å². The van der Waals surface area contributed by atoms with Crippen molar-refractivity contribution in [2.45, 2.75) is 30.6 Å². The second-order valence-electron chi connectivity index (χ2n) is 6.13. The highest BCUT2D eigenvalue weighted by Crippen LogP contribution is 2.44. The first-order valence-corrected chi connectivity index (χ1v) is 9.65. The van der Waals surface area contributed by atoms with Crippen LogP contribution in [0.4, 0.5) is 5.82 Å². The van der Waals surface area contributed by atoms with Gasteiger partial charge in [0.1, 0.15) is 36.2 Å². The summed E-state index contributed by atoms with van der Waals surface area (Å²) in [6.07, 6.45) is -2.82. The highest BCUT2D eigenvalue weighted by atomic mass is 31.2. The number of fused-ring (bicyclic) bond motifs is 1. The van der Waals surface area contributed by atoms with Gasteiger partial charge in [0.15, 0.2) is 17.7 Å². The van der Waals surface area contributed by atoms with Crippen LogP contribution >= 0.6 is 7.82 Å². The topological polar surface area (TPSA) is 238 Å². The molecule has 0 saturated carbocycles. The Morgan fingerprint density at radius 2 is 2.03 bits per heavy atom. The van der Waals surface area contributed by atoms with Crippen LogP contribution in [0.1, 0.15) is 6.23 Å². The Morgan fingerprint density at radius 1 is 1.31 bits per heavy atom. The zero-order chi connectivity index (χ0) is 21.3. The Balaban J connectivity index is 1.66. The van der Waals surface area contributed by atoms with E-state index in [2.05, 4.69) is 19.5 Å². The summed E-state index contributed by atoms with van der Waals surface area (Å²) in [6, 6.07) is -1.53. The summed E-state index contributed by atoms with van der Waals surface area (Å²) in [6.45, 7) is -1.42. The predicted molar refractivity (Wildman–Crippen MR) is 93.0 cm³/mol. The summed E-state index contributed by atoms with van der Waals surface area (Å²) in [5.74, 6) is -1.32. The van der Waals surface area contributed by atoms with Crippen LogP contribution in [0.3, 0.4) is 0 Å². The molecule has 1 aliphatic heterocycles. The molecule has 16 heteroatoms. The smallest absolute Gasteiger partial charge is 0.472 e. The van der Waals surface area contributed by atoms with E-state index in [-0.39, 0.29) is 17.0 Å². The molecule has 6 atom stereocenters. The maximum absolute atomic E-state index is 11.8. The van der Waals surface area contributed by atoms with Gasteiger partial charge in [-0.25, -0.2) is 19.5 Å². The first-order valence-electron chi connectivity index (χ1n) is 8.15. The van der Waals surface area contributed by atoms with Gasteiger partial charge in [0, 0.05) is 0 Å². The molecule has 3 heterocycles. The Labute approximate surface area is 162 Å². The third-order valence-electron chi connectivity index (χ3n) is 4.13. The van der Waals surface area contributed by atoms with Crippen molar-refractivity contribution >= 4 is 30.8 Å². The summed E-state index contributed by atoms with van der Waals surface area (Å²) < 4.78 is 27.9. The molecule has 160 valence electrons. The lowest BCUT2D eigenvalue weighted by Crippen LogP contribution is -2.35. The second-order valence-corrected chi connectivity index (χ2v) is 7.59. The van der Waals surface area contributed by atoms with Gasteiger partial charge in [-0.15, -0.1) is 0 Å². The number of aromatic nitrogens is 4. The van der Waals surface area contributed by atoms with Gasteiger partial charge in [0.2, 0.25) is 0 Å². The molecule has 0 aromatic carbocycles. The summed E-state index contributed by atoms with van der Waals surface area (Å²) in [5, 5.41) is 29.1. The van der Waals surface area contributed by atoms with E-state index in [0.29, 0.717) is 0 Å². The number of hydrogen-bond donors (Lipinski definition) is 6. The van der Waals surface area contributed by atoms with Crippen molar-refractivity contribution in [3.05, 3.63) is 12.7 Å². The fourth-order valence-corrected chi connectivity index (χ4v) is 3.36. The summed E-state index contributed by atoms with van der Waals surface area (Å²) >= 11 is 0. The first-order chi connectivity index (χ1) is 13.6. The molecule has 29 heavy (non-hydrogen) atoms. The molecule has 8 N–H and O–H groups in total. The molecule has 1 saturated heterocycles. The third kappa shape index (κ3) is 4.52. The number of aliphatic hydroxyl groups is 2. The monoisotopic (exact) mass is 434 g/mol. The van der Waals surface area contributed by atoms with Crippen LogP contribution in [0.15, 0.2) is 12.7 Å². The number of anilines is 1. The molecule has 15 nitrogen and oxygen atoms in total. The van der Waals surface area contributed by atoms with E-state index in [0.717, 1.165) is 0 Å². The standard InChI is InChI=1S/C13H19N6O9P/c14-5(13(22)23)1-26-29(24,25)27-2-6-8(20)9(21)12(28-6)19-4-18-7-10(15)16-3-17-11(7)19/h3-6,8-9,12,20-21H,1-2,14H2,(H,22,23)(H,24,25)(H2,15,16,17)/t5-,6+,8+,9+,12+/m0/s1. The number of phosphoric ester groups is 1. The predicted octanol–water partition coefficient (Wildman–Crippen LogP) is -2.43. The molecule has 1 aliphatic rings. The van der Waals surface area contributed by atoms with E-state index in [9.17, 15) is 24.5 Å². The van der Waals surface area contributed by atoms with E-state index in [4.69, 9.17) is 25.8 Å². The molecule has 0 bridgehead atoms. The summed E-state index contributed by atoms with van der Waals surface area (Å²) in [5.41, 5.74) is 11.4. The molecule has 2 aromatic rings. The second kappa shape index (κ2) is 8.25. The number of carboxylic acids is 1. The Morgan fingerprint density at radius 3 is 2.72 bits per heavy atom. The van der Waals surface area contributed by atoms with Crippen molar-refractivity contribution in [2.75, 3.05) is 18.9 Å². The first kappa shape index (κ1) is 21.5. The lowest BCUT2D eigenvalue weighted by molar-refractivity contribution is -0.139. The number of nitrogens with two attached hydrogens (primary N) is 2. The molecule has 0 aliphatic carbocycles. The van der Waals surface area contributed by atoms with E-state index < -0.39 is 57.6 Å². The number of imidazole rings is 1. The Kier molecular flexibility index (Phi) is 6.11. The molecule has 3 rings (SSSR count).